The lowest BCUT2D eigenvalue weighted by molar-refractivity contribution is -0.117. The minimum atomic E-state index is 0.0777. The van der Waals surface area contributed by atoms with E-state index >= 15 is 0 Å². The van der Waals surface area contributed by atoms with Gasteiger partial charge in [-0.25, -0.2) is 4.98 Å². The van der Waals surface area contributed by atoms with E-state index in [1.807, 2.05) is 24.0 Å². The summed E-state index contributed by atoms with van der Waals surface area (Å²) in [4.78, 5) is 31.4. The zero-order chi connectivity index (χ0) is 17.7. The standard InChI is InChI=1S/C19H21N3O2S/c1-10-8-15-9-14(6-7-16(15)22(10)12(3)23)17-11(2)25-19(20-17)21-18(24)13-4-5-13/h6-7,9-10,13H,4-5,8H2,1-3H3,(H,20,21,24)/t10-/m0/s1. The second-order valence-electron chi connectivity index (χ2n) is 6.97. The van der Waals surface area contributed by atoms with Gasteiger partial charge in [0.2, 0.25) is 11.8 Å². The van der Waals surface area contributed by atoms with E-state index in [4.69, 9.17) is 0 Å². The Kier molecular flexibility index (Phi) is 3.87. The number of anilines is 2. The topological polar surface area (TPSA) is 62.3 Å². The van der Waals surface area contributed by atoms with E-state index in [0.29, 0.717) is 5.13 Å². The third kappa shape index (κ3) is 2.95. The molecule has 2 aliphatic rings. The van der Waals surface area contributed by atoms with Crippen LogP contribution in [0, 0.1) is 12.8 Å². The van der Waals surface area contributed by atoms with E-state index < -0.39 is 0 Å². The molecular weight excluding hydrogens is 334 g/mol. The third-order valence-corrected chi connectivity index (χ3v) is 5.77. The number of thiazole rings is 1. The van der Waals surface area contributed by atoms with Gasteiger partial charge in [0.1, 0.15) is 0 Å². The molecule has 1 atom stereocenters. The van der Waals surface area contributed by atoms with Crippen LogP contribution in [0.3, 0.4) is 0 Å². The van der Waals surface area contributed by atoms with Crippen LogP contribution < -0.4 is 10.2 Å². The Labute approximate surface area is 151 Å². The summed E-state index contributed by atoms with van der Waals surface area (Å²) >= 11 is 1.51. The van der Waals surface area contributed by atoms with Crippen LogP contribution in [0.5, 0.6) is 0 Å². The third-order valence-electron chi connectivity index (χ3n) is 4.88. The predicted octanol–water partition coefficient (Wildman–Crippen LogP) is 3.76. The molecule has 5 nitrogen and oxygen atoms in total. The first kappa shape index (κ1) is 16.3. The Balaban J connectivity index is 1.63. The van der Waals surface area contributed by atoms with Crippen molar-refractivity contribution in [3.63, 3.8) is 0 Å². The number of nitrogens with one attached hydrogen (secondary N) is 1. The van der Waals surface area contributed by atoms with Gasteiger partial charge in [0.15, 0.2) is 5.13 Å². The van der Waals surface area contributed by atoms with Gasteiger partial charge >= 0.3 is 0 Å². The number of nitrogens with zero attached hydrogens (tertiary/aromatic N) is 2. The number of benzene rings is 1. The molecule has 2 amide bonds. The summed E-state index contributed by atoms with van der Waals surface area (Å²) in [5, 5.41) is 3.60. The molecule has 0 spiro atoms. The van der Waals surface area contributed by atoms with Gasteiger partial charge in [-0.2, -0.15) is 0 Å². The SMILES string of the molecule is CC(=O)N1c2ccc(-c3nc(NC(=O)C4CC4)sc3C)cc2C[C@@H]1C. The second-order valence-corrected chi connectivity index (χ2v) is 8.18. The number of aromatic nitrogens is 1. The molecule has 1 aromatic heterocycles. The van der Waals surface area contributed by atoms with Gasteiger partial charge < -0.3 is 10.2 Å². The molecule has 0 radical (unpaired) electrons. The van der Waals surface area contributed by atoms with E-state index in [9.17, 15) is 9.59 Å². The summed E-state index contributed by atoms with van der Waals surface area (Å²) in [6.45, 7) is 5.71. The summed E-state index contributed by atoms with van der Waals surface area (Å²) in [5.41, 5.74) is 4.12. The first-order valence-electron chi connectivity index (χ1n) is 8.65. The summed E-state index contributed by atoms with van der Waals surface area (Å²) in [5.74, 6) is 0.334. The van der Waals surface area contributed by atoms with Crippen molar-refractivity contribution in [2.24, 2.45) is 5.92 Å². The van der Waals surface area contributed by atoms with Crippen LogP contribution in [0.4, 0.5) is 10.8 Å². The number of hydrogen-bond acceptors (Lipinski definition) is 4. The molecule has 2 aromatic rings. The highest BCUT2D eigenvalue weighted by atomic mass is 32.1. The highest BCUT2D eigenvalue weighted by Gasteiger charge is 2.31. The largest absolute Gasteiger partial charge is 0.309 e. The molecule has 2 heterocycles. The van der Waals surface area contributed by atoms with Gasteiger partial charge in [-0.1, -0.05) is 6.07 Å². The van der Waals surface area contributed by atoms with E-state index in [1.165, 1.54) is 16.9 Å². The van der Waals surface area contributed by atoms with E-state index in [1.54, 1.807) is 6.92 Å². The summed E-state index contributed by atoms with van der Waals surface area (Å²) < 4.78 is 0. The number of amides is 2. The zero-order valence-electron chi connectivity index (χ0n) is 14.6. The van der Waals surface area contributed by atoms with Crippen LogP contribution in [0.15, 0.2) is 18.2 Å². The summed E-state index contributed by atoms with van der Waals surface area (Å²) in [6, 6.07) is 6.34. The number of aryl methyl sites for hydroxylation is 1. The maximum Gasteiger partial charge on any atom is 0.229 e. The molecule has 25 heavy (non-hydrogen) atoms. The molecule has 1 fully saturated rings. The minimum absolute atomic E-state index is 0.0777. The molecule has 1 aliphatic carbocycles. The van der Waals surface area contributed by atoms with Gasteiger partial charge in [0, 0.05) is 35.0 Å². The fourth-order valence-electron chi connectivity index (χ4n) is 3.53. The van der Waals surface area contributed by atoms with Crippen molar-refractivity contribution in [1.82, 2.24) is 4.98 Å². The zero-order valence-corrected chi connectivity index (χ0v) is 15.4. The fraction of sp³-hybridized carbons (Fsp3) is 0.421. The molecule has 1 aliphatic heterocycles. The Hall–Kier alpha value is -2.21. The van der Waals surface area contributed by atoms with Crippen LogP contribution in [0.1, 0.15) is 37.1 Å². The molecule has 1 aromatic carbocycles. The van der Waals surface area contributed by atoms with Gasteiger partial charge in [0.25, 0.3) is 0 Å². The lowest BCUT2D eigenvalue weighted by atomic mass is 10.0. The first-order valence-corrected chi connectivity index (χ1v) is 9.47. The first-order chi connectivity index (χ1) is 11.9. The fourth-order valence-corrected chi connectivity index (χ4v) is 4.37. The smallest absolute Gasteiger partial charge is 0.229 e. The van der Waals surface area contributed by atoms with Crippen LogP contribution in [0.2, 0.25) is 0 Å². The highest BCUT2D eigenvalue weighted by molar-refractivity contribution is 7.16. The Morgan fingerprint density at radius 3 is 2.76 bits per heavy atom. The molecule has 0 unspecified atom stereocenters. The molecule has 130 valence electrons. The van der Waals surface area contributed by atoms with Crippen LogP contribution in [-0.2, 0) is 16.0 Å². The molecule has 1 saturated carbocycles. The molecule has 0 bridgehead atoms. The van der Waals surface area contributed by atoms with Crippen molar-refractivity contribution in [2.45, 2.75) is 46.1 Å². The van der Waals surface area contributed by atoms with Gasteiger partial charge in [-0.3, -0.25) is 9.59 Å². The van der Waals surface area contributed by atoms with E-state index in [-0.39, 0.29) is 23.8 Å². The molecule has 0 saturated heterocycles. The van der Waals surface area contributed by atoms with Crippen molar-refractivity contribution in [3.8, 4) is 11.3 Å². The number of fused-ring (bicyclic) bond motifs is 1. The lowest BCUT2D eigenvalue weighted by Crippen LogP contribution is -2.33. The molecule has 1 N–H and O–H groups in total. The van der Waals surface area contributed by atoms with E-state index in [2.05, 4.69) is 23.3 Å². The molecule has 6 heteroatoms. The van der Waals surface area contributed by atoms with E-state index in [0.717, 1.165) is 41.1 Å². The van der Waals surface area contributed by atoms with Crippen molar-refractivity contribution in [2.75, 3.05) is 10.2 Å². The normalized spacial score (nSPS) is 19.0. The Bertz CT molecular complexity index is 870. The lowest BCUT2D eigenvalue weighted by Gasteiger charge is -2.20. The minimum Gasteiger partial charge on any atom is -0.309 e. The second kappa shape index (κ2) is 5.95. The van der Waals surface area contributed by atoms with Crippen molar-refractivity contribution in [1.29, 1.82) is 0 Å². The van der Waals surface area contributed by atoms with Crippen molar-refractivity contribution in [3.05, 3.63) is 28.6 Å². The summed E-state index contributed by atoms with van der Waals surface area (Å²) in [7, 11) is 0. The average Bonchev–Trinajstić information content (AvgIpc) is 3.26. The van der Waals surface area contributed by atoms with Crippen molar-refractivity contribution < 1.29 is 9.59 Å². The van der Waals surface area contributed by atoms with Crippen molar-refractivity contribution >= 4 is 34.0 Å². The quantitative estimate of drug-likeness (QED) is 0.912. The Morgan fingerprint density at radius 2 is 2.08 bits per heavy atom. The maximum absolute atomic E-state index is 11.9. The van der Waals surface area contributed by atoms with Crippen LogP contribution in [-0.4, -0.2) is 22.8 Å². The molecule has 4 rings (SSSR count). The number of hydrogen-bond donors (Lipinski definition) is 1. The number of rotatable bonds is 3. The van der Waals surface area contributed by atoms with Crippen LogP contribution >= 0.6 is 11.3 Å². The maximum atomic E-state index is 11.9. The predicted molar refractivity (Wildman–Crippen MR) is 100.0 cm³/mol. The van der Waals surface area contributed by atoms with Gasteiger partial charge in [-0.05, 0) is 50.8 Å². The highest BCUT2D eigenvalue weighted by Crippen LogP contribution is 2.38. The van der Waals surface area contributed by atoms with Crippen LogP contribution in [0.25, 0.3) is 11.3 Å². The Morgan fingerprint density at radius 1 is 1.32 bits per heavy atom. The monoisotopic (exact) mass is 355 g/mol. The number of carbonyl (C=O) groups is 2. The number of carbonyl (C=O) groups excluding carboxylic acids is 2. The van der Waals surface area contributed by atoms with Gasteiger partial charge in [-0.15, -0.1) is 11.3 Å². The molecular formula is C19H21N3O2S. The van der Waals surface area contributed by atoms with Gasteiger partial charge in [0.05, 0.1) is 5.69 Å². The average molecular weight is 355 g/mol. The summed E-state index contributed by atoms with van der Waals surface area (Å²) in [6.07, 6.45) is 2.83.